The van der Waals surface area contributed by atoms with E-state index in [-0.39, 0.29) is 0 Å². The number of para-hydroxylation sites is 1. The summed E-state index contributed by atoms with van der Waals surface area (Å²) in [5.74, 6) is 0. The maximum Gasteiger partial charge on any atom is 0.111 e. The summed E-state index contributed by atoms with van der Waals surface area (Å²) in [5, 5.41) is 10.9. The van der Waals surface area contributed by atoms with Crippen molar-refractivity contribution in [2.45, 2.75) is 5.03 Å². The monoisotopic (exact) mass is 165 g/mol. The molecule has 56 valence electrons. The Bertz CT molecular complexity index is 394. The Kier molecular flexibility index (Phi) is 1.32. The lowest BCUT2D eigenvalue weighted by Gasteiger charge is -1.94. The Hall–Kier alpha value is -1.09. The van der Waals surface area contributed by atoms with Crippen molar-refractivity contribution in [2.24, 2.45) is 0 Å². The number of benzene rings is 1. The minimum absolute atomic E-state index is 0.561. The molecule has 0 spiro atoms. The van der Waals surface area contributed by atoms with Crippen LogP contribution in [0.4, 0.5) is 0 Å². The van der Waals surface area contributed by atoms with E-state index in [0.29, 0.717) is 5.03 Å². The van der Waals surface area contributed by atoms with Crippen LogP contribution in [-0.2, 0) is 0 Å². The van der Waals surface area contributed by atoms with Crippen molar-refractivity contribution in [3.05, 3.63) is 30.3 Å². The Morgan fingerprint density at radius 3 is 2.73 bits per heavy atom. The molecule has 2 nitrogen and oxygen atoms in total. The van der Waals surface area contributed by atoms with Gasteiger partial charge in [-0.05, 0) is 12.1 Å². The highest BCUT2D eigenvalue weighted by atomic mass is 32.1. The van der Waals surface area contributed by atoms with Gasteiger partial charge in [-0.2, -0.15) is 4.73 Å². The summed E-state index contributed by atoms with van der Waals surface area (Å²) in [6.45, 7) is 0. The van der Waals surface area contributed by atoms with Crippen LogP contribution in [0.2, 0.25) is 0 Å². The van der Waals surface area contributed by atoms with Crippen LogP contribution in [0.3, 0.4) is 0 Å². The van der Waals surface area contributed by atoms with Crippen molar-refractivity contribution in [2.75, 3.05) is 0 Å². The first-order chi connectivity index (χ1) is 5.29. The zero-order valence-electron chi connectivity index (χ0n) is 5.73. The molecule has 3 heteroatoms. The van der Waals surface area contributed by atoms with Crippen molar-refractivity contribution < 1.29 is 5.21 Å². The SMILES string of the molecule is On1c(S)cc2ccccc21. The normalized spacial score (nSPS) is 10.6. The smallest absolute Gasteiger partial charge is 0.111 e. The van der Waals surface area contributed by atoms with Gasteiger partial charge in [0.1, 0.15) is 5.03 Å². The Morgan fingerprint density at radius 1 is 1.27 bits per heavy atom. The number of fused-ring (bicyclic) bond motifs is 1. The van der Waals surface area contributed by atoms with Crippen molar-refractivity contribution in [3.63, 3.8) is 0 Å². The minimum Gasteiger partial charge on any atom is -0.427 e. The van der Waals surface area contributed by atoms with Crippen LogP contribution in [0.1, 0.15) is 0 Å². The van der Waals surface area contributed by atoms with Gasteiger partial charge < -0.3 is 5.21 Å². The van der Waals surface area contributed by atoms with Gasteiger partial charge >= 0.3 is 0 Å². The number of thiol groups is 1. The van der Waals surface area contributed by atoms with E-state index in [0.717, 1.165) is 15.6 Å². The van der Waals surface area contributed by atoms with E-state index in [1.165, 1.54) is 0 Å². The average Bonchev–Trinajstić information content (AvgIpc) is 2.30. The fourth-order valence-electron chi connectivity index (χ4n) is 1.13. The first-order valence-electron chi connectivity index (χ1n) is 3.28. The molecule has 0 atom stereocenters. The molecule has 1 heterocycles. The summed E-state index contributed by atoms with van der Waals surface area (Å²) in [7, 11) is 0. The molecule has 0 aliphatic carbocycles. The molecule has 0 aliphatic heterocycles. The van der Waals surface area contributed by atoms with Gasteiger partial charge in [0.05, 0.1) is 5.52 Å². The van der Waals surface area contributed by atoms with Crippen LogP contribution >= 0.6 is 12.6 Å². The van der Waals surface area contributed by atoms with Gasteiger partial charge in [-0.25, -0.2) is 0 Å². The van der Waals surface area contributed by atoms with Gasteiger partial charge in [-0.15, -0.1) is 12.6 Å². The highest BCUT2D eigenvalue weighted by molar-refractivity contribution is 7.80. The maximum atomic E-state index is 9.34. The maximum absolute atomic E-state index is 9.34. The summed E-state index contributed by atoms with van der Waals surface area (Å²) < 4.78 is 1.07. The van der Waals surface area contributed by atoms with Crippen molar-refractivity contribution in [1.29, 1.82) is 0 Å². The molecule has 0 unspecified atom stereocenters. The zero-order valence-corrected chi connectivity index (χ0v) is 6.62. The molecule has 0 saturated carbocycles. The van der Waals surface area contributed by atoms with Crippen molar-refractivity contribution in [1.82, 2.24) is 4.73 Å². The topological polar surface area (TPSA) is 25.2 Å². The van der Waals surface area contributed by atoms with E-state index in [1.54, 1.807) is 0 Å². The van der Waals surface area contributed by atoms with Crippen molar-refractivity contribution >= 4 is 23.5 Å². The predicted molar refractivity (Wildman–Crippen MR) is 46.4 cm³/mol. The summed E-state index contributed by atoms with van der Waals surface area (Å²) in [5.41, 5.74) is 0.789. The highest BCUT2D eigenvalue weighted by Crippen LogP contribution is 2.19. The van der Waals surface area contributed by atoms with Gasteiger partial charge in [-0.1, -0.05) is 18.2 Å². The molecule has 0 bridgehead atoms. The van der Waals surface area contributed by atoms with Gasteiger partial charge in [0.2, 0.25) is 0 Å². The lowest BCUT2D eigenvalue weighted by Crippen LogP contribution is -1.87. The fraction of sp³-hybridized carbons (Fsp3) is 0. The molecule has 1 aromatic carbocycles. The Balaban J connectivity index is 2.92. The van der Waals surface area contributed by atoms with Gasteiger partial charge in [0, 0.05) is 5.39 Å². The van der Waals surface area contributed by atoms with Gasteiger partial charge in [0.25, 0.3) is 0 Å². The lowest BCUT2D eigenvalue weighted by atomic mass is 10.3. The van der Waals surface area contributed by atoms with Crippen LogP contribution in [-0.4, -0.2) is 9.94 Å². The third kappa shape index (κ3) is 0.886. The highest BCUT2D eigenvalue weighted by Gasteiger charge is 2.01. The van der Waals surface area contributed by atoms with E-state index in [2.05, 4.69) is 12.6 Å². The third-order valence-electron chi connectivity index (χ3n) is 1.67. The van der Waals surface area contributed by atoms with Crippen LogP contribution in [0.15, 0.2) is 35.4 Å². The number of nitrogens with zero attached hydrogens (tertiary/aromatic N) is 1. The second-order valence-electron chi connectivity index (χ2n) is 2.37. The molecular weight excluding hydrogens is 158 g/mol. The summed E-state index contributed by atoms with van der Waals surface area (Å²) >= 11 is 4.07. The summed E-state index contributed by atoms with van der Waals surface area (Å²) in [6, 6.07) is 9.40. The number of hydrogen-bond acceptors (Lipinski definition) is 2. The summed E-state index contributed by atoms with van der Waals surface area (Å²) in [4.78, 5) is 0. The van der Waals surface area contributed by atoms with E-state index < -0.39 is 0 Å². The Labute approximate surface area is 69.4 Å². The standard InChI is InChI=1S/C8H7NOS/c10-9-7-4-2-1-3-6(7)5-8(9)11/h1-5,10-11H. The van der Waals surface area contributed by atoms with E-state index >= 15 is 0 Å². The molecular formula is C8H7NOS. The minimum atomic E-state index is 0.561. The molecule has 1 N–H and O–H groups in total. The Morgan fingerprint density at radius 2 is 2.00 bits per heavy atom. The summed E-state index contributed by atoms with van der Waals surface area (Å²) in [6.07, 6.45) is 0. The lowest BCUT2D eigenvalue weighted by molar-refractivity contribution is 0.177. The molecule has 0 aliphatic rings. The molecule has 0 saturated heterocycles. The van der Waals surface area contributed by atoms with Crippen LogP contribution in [0.25, 0.3) is 10.9 Å². The fourth-order valence-corrected chi connectivity index (χ4v) is 1.37. The second-order valence-corrected chi connectivity index (χ2v) is 2.83. The van der Waals surface area contributed by atoms with E-state index in [4.69, 9.17) is 0 Å². The van der Waals surface area contributed by atoms with Crippen LogP contribution in [0.5, 0.6) is 0 Å². The molecule has 0 radical (unpaired) electrons. The van der Waals surface area contributed by atoms with Crippen LogP contribution < -0.4 is 0 Å². The molecule has 0 amide bonds. The number of rotatable bonds is 0. The van der Waals surface area contributed by atoms with Crippen LogP contribution in [0, 0.1) is 0 Å². The largest absolute Gasteiger partial charge is 0.427 e. The number of hydrogen-bond donors (Lipinski definition) is 2. The number of aromatic nitrogens is 1. The van der Waals surface area contributed by atoms with Gasteiger partial charge in [0.15, 0.2) is 0 Å². The molecule has 2 rings (SSSR count). The first-order valence-corrected chi connectivity index (χ1v) is 3.72. The third-order valence-corrected chi connectivity index (χ3v) is 1.99. The predicted octanol–water partition coefficient (Wildman–Crippen LogP) is 2.17. The molecule has 1 aromatic heterocycles. The molecule has 2 aromatic rings. The van der Waals surface area contributed by atoms with Gasteiger partial charge in [-0.3, -0.25) is 0 Å². The quantitative estimate of drug-likeness (QED) is 0.454. The molecule has 11 heavy (non-hydrogen) atoms. The zero-order chi connectivity index (χ0) is 7.84. The van der Waals surface area contributed by atoms with E-state index in [9.17, 15) is 5.21 Å². The average molecular weight is 165 g/mol. The van der Waals surface area contributed by atoms with E-state index in [1.807, 2.05) is 30.3 Å². The van der Waals surface area contributed by atoms with Crippen molar-refractivity contribution in [3.8, 4) is 0 Å². The second kappa shape index (κ2) is 2.20. The molecule has 0 fully saturated rings. The first kappa shape index (κ1) is 6.61.